The molecule has 0 spiro atoms. The monoisotopic (exact) mass is 320 g/mol. The van der Waals surface area contributed by atoms with E-state index >= 15 is 0 Å². The maximum atomic E-state index is 12.9. The molecule has 2 heterocycles. The predicted molar refractivity (Wildman–Crippen MR) is 83.3 cm³/mol. The van der Waals surface area contributed by atoms with E-state index < -0.39 is 0 Å². The second-order valence-electron chi connectivity index (χ2n) is 5.62. The zero-order valence-electron chi connectivity index (χ0n) is 13.2. The molecule has 1 aliphatic rings. The Balaban J connectivity index is 1.53. The van der Waals surface area contributed by atoms with Crippen molar-refractivity contribution in [2.24, 2.45) is 0 Å². The third-order valence-electron chi connectivity index (χ3n) is 3.99. The van der Waals surface area contributed by atoms with E-state index in [0.29, 0.717) is 18.3 Å². The fourth-order valence-electron chi connectivity index (χ4n) is 2.61. The number of hydrogen-bond donors (Lipinski definition) is 0. The van der Waals surface area contributed by atoms with Gasteiger partial charge in [0.15, 0.2) is 0 Å². The van der Waals surface area contributed by atoms with Crippen LogP contribution in [0.15, 0.2) is 28.7 Å². The summed E-state index contributed by atoms with van der Waals surface area (Å²) in [6.07, 6.45) is 0. The van der Waals surface area contributed by atoms with E-state index in [1.165, 1.54) is 12.1 Å². The molecule has 0 radical (unpaired) electrons. The minimum Gasteiger partial charge on any atom is -0.419 e. The van der Waals surface area contributed by atoms with E-state index in [9.17, 15) is 4.39 Å². The molecular weight excluding hydrogens is 299 g/mol. The fourth-order valence-corrected chi connectivity index (χ4v) is 2.61. The van der Waals surface area contributed by atoms with Gasteiger partial charge < -0.3 is 9.15 Å². The van der Waals surface area contributed by atoms with Crippen LogP contribution in [0.4, 0.5) is 4.39 Å². The highest BCUT2D eigenvalue weighted by Crippen LogP contribution is 2.19. The van der Waals surface area contributed by atoms with Crippen LogP contribution >= 0.6 is 0 Å². The zero-order valence-corrected chi connectivity index (χ0v) is 13.2. The van der Waals surface area contributed by atoms with Crippen LogP contribution in [0, 0.1) is 5.82 Å². The predicted octanol–water partition coefficient (Wildman–Crippen LogP) is 1.64. The number of rotatable bonds is 6. The number of aromatic nitrogens is 2. The summed E-state index contributed by atoms with van der Waals surface area (Å²) in [4.78, 5) is 4.68. The molecule has 7 heteroatoms. The molecule has 0 amide bonds. The lowest BCUT2D eigenvalue weighted by Gasteiger charge is -2.33. The topological polar surface area (TPSA) is 54.6 Å². The van der Waals surface area contributed by atoms with Gasteiger partial charge in [0, 0.05) is 45.4 Å². The molecular formula is C16H21FN4O2. The summed E-state index contributed by atoms with van der Waals surface area (Å²) in [6.45, 7) is 6.36. The smallest absolute Gasteiger partial charge is 0.247 e. The summed E-state index contributed by atoms with van der Waals surface area (Å²) < 4.78 is 23.7. The van der Waals surface area contributed by atoms with Crippen LogP contribution in [-0.4, -0.2) is 66.4 Å². The van der Waals surface area contributed by atoms with Gasteiger partial charge >= 0.3 is 0 Å². The molecule has 0 atom stereocenters. The van der Waals surface area contributed by atoms with Gasteiger partial charge in [0.25, 0.3) is 0 Å². The third kappa shape index (κ3) is 4.34. The van der Waals surface area contributed by atoms with Gasteiger partial charge in [-0.2, -0.15) is 0 Å². The normalized spacial score (nSPS) is 16.8. The van der Waals surface area contributed by atoms with Gasteiger partial charge in [0.2, 0.25) is 11.8 Å². The standard InChI is InChI=1S/C16H21FN4O2/c1-22-11-10-20-6-8-21(9-7-20)12-15-18-19-16(23-15)13-2-4-14(17)5-3-13/h2-5H,6-12H2,1H3. The molecule has 1 saturated heterocycles. The lowest BCUT2D eigenvalue weighted by Crippen LogP contribution is -2.46. The molecule has 3 rings (SSSR count). The molecule has 2 aromatic rings. The Kier molecular flexibility index (Phi) is 5.32. The first kappa shape index (κ1) is 16.0. The number of halogens is 1. The molecule has 1 aromatic carbocycles. The van der Waals surface area contributed by atoms with E-state index in [2.05, 4.69) is 20.0 Å². The summed E-state index contributed by atoms with van der Waals surface area (Å²) in [5, 5.41) is 8.14. The van der Waals surface area contributed by atoms with Crippen molar-refractivity contribution in [3.63, 3.8) is 0 Å². The minimum atomic E-state index is -0.278. The van der Waals surface area contributed by atoms with E-state index in [1.807, 2.05) is 0 Å². The van der Waals surface area contributed by atoms with E-state index in [-0.39, 0.29) is 5.82 Å². The minimum absolute atomic E-state index is 0.278. The van der Waals surface area contributed by atoms with Crippen LogP contribution in [0.3, 0.4) is 0 Å². The van der Waals surface area contributed by atoms with Crippen LogP contribution in [0.5, 0.6) is 0 Å². The van der Waals surface area contributed by atoms with Gasteiger partial charge in [-0.15, -0.1) is 10.2 Å². The summed E-state index contributed by atoms with van der Waals surface area (Å²) in [5.41, 5.74) is 0.731. The summed E-state index contributed by atoms with van der Waals surface area (Å²) in [6, 6.07) is 6.05. The lowest BCUT2D eigenvalue weighted by molar-refractivity contribution is 0.0897. The van der Waals surface area contributed by atoms with E-state index in [0.717, 1.165) is 44.9 Å². The van der Waals surface area contributed by atoms with Crippen molar-refractivity contribution in [2.75, 3.05) is 46.4 Å². The number of nitrogens with zero attached hydrogens (tertiary/aromatic N) is 4. The molecule has 0 unspecified atom stereocenters. The van der Waals surface area contributed by atoms with Crippen LogP contribution in [0.1, 0.15) is 5.89 Å². The largest absolute Gasteiger partial charge is 0.419 e. The first-order chi connectivity index (χ1) is 11.2. The molecule has 0 aliphatic carbocycles. The molecule has 6 nitrogen and oxygen atoms in total. The number of hydrogen-bond acceptors (Lipinski definition) is 6. The van der Waals surface area contributed by atoms with Crippen molar-refractivity contribution < 1.29 is 13.5 Å². The average molecular weight is 320 g/mol. The van der Waals surface area contributed by atoms with Crippen molar-refractivity contribution in [2.45, 2.75) is 6.54 Å². The number of ether oxygens (including phenoxy) is 1. The number of piperazine rings is 1. The Hall–Kier alpha value is -1.83. The van der Waals surface area contributed by atoms with Gasteiger partial charge in [0.1, 0.15) is 5.82 Å². The number of benzene rings is 1. The first-order valence-corrected chi connectivity index (χ1v) is 7.76. The van der Waals surface area contributed by atoms with Crippen LogP contribution in [-0.2, 0) is 11.3 Å². The molecule has 23 heavy (non-hydrogen) atoms. The Bertz CT molecular complexity index is 609. The maximum absolute atomic E-state index is 12.9. The van der Waals surface area contributed by atoms with Crippen LogP contribution in [0.25, 0.3) is 11.5 Å². The van der Waals surface area contributed by atoms with Crippen molar-refractivity contribution in [3.05, 3.63) is 36.0 Å². The molecule has 124 valence electrons. The van der Waals surface area contributed by atoms with Crippen LogP contribution in [0.2, 0.25) is 0 Å². The van der Waals surface area contributed by atoms with E-state index in [4.69, 9.17) is 9.15 Å². The summed E-state index contributed by atoms with van der Waals surface area (Å²) in [7, 11) is 1.73. The molecule has 0 bridgehead atoms. The van der Waals surface area contributed by atoms with Gasteiger partial charge in [-0.25, -0.2) is 4.39 Å². The Labute approximate surface area is 134 Å². The van der Waals surface area contributed by atoms with Crippen molar-refractivity contribution in [1.82, 2.24) is 20.0 Å². The fraction of sp³-hybridized carbons (Fsp3) is 0.500. The highest BCUT2D eigenvalue weighted by molar-refractivity contribution is 5.51. The Morgan fingerprint density at radius 3 is 2.48 bits per heavy atom. The highest BCUT2D eigenvalue weighted by Gasteiger charge is 2.19. The van der Waals surface area contributed by atoms with Gasteiger partial charge in [0.05, 0.1) is 13.2 Å². The molecule has 0 N–H and O–H groups in total. The second kappa shape index (κ2) is 7.63. The Morgan fingerprint density at radius 2 is 1.78 bits per heavy atom. The molecule has 1 fully saturated rings. The van der Waals surface area contributed by atoms with Crippen molar-refractivity contribution >= 4 is 0 Å². The van der Waals surface area contributed by atoms with Crippen LogP contribution < -0.4 is 0 Å². The Morgan fingerprint density at radius 1 is 1.09 bits per heavy atom. The summed E-state index contributed by atoms with van der Waals surface area (Å²) >= 11 is 0. The van der Waals surface area contributed by atoms with Gasteiger partial charge in [-0.1, -0.05) is 0 Å². The number of methoxy groups -OCH3 is 1. The van der Waals surface area contributed by atoms with Crippen molar-refractivity contribution in [3.8, 4) is 11.5 Å². The van der Waals surface area contributed by atoms with Gasteiger partial charge in [-0.3, -0.25) is 9.80 Å². The zero-order chi connectivity index (χ0) is 16.1. The second-order valence-corrected chi connectivity index (χ2v) is 5.62. The molecule has 0 saturated carbocycles. The van der Waals surface area contributed by atoms with Crippen molar-refractivity contribution in [1.29, 1.82) is 0 Å². The maximum Gasteiger partial charge on any atom is 0.247 e. The van der Waals surface area contributed by atoms with E-state index in [1.54, 1.807) is 19.2 Å². The SMILES string of the molecule is COCCN1CCN(Cc2nnc(-c3ccc(F)cc3)o2)CC1. The quantitative estimate of drug-likeness (QED) is 0.806. The molecule has 1 aliphatic heterocycles. The third-order valence-corrected chi connectivity index (χ3v) is 3.99. The highest BCUT2D eigenvalue weighted by atomic mass is 19.1. The first-order valence-electron chi connectivity index (χ1n) is 7.76. The lowest BCUT2D eigenvalue weighted by atomic mass is 10.2. The molecule has 1 aromatic heterocycles. The summed E-state index contributed by atoms with van der Waals surface area (Å²) in [5.74, 6) is 0.744. The van der Waals surface area contributed by atoms with Gasteiger partial charge in [-0.05, 0) is 24.3 Å². The average Bonchev–Trinajstić information content (AvgIpc) is 3.03.